The number of nitrogens with one attached hydrogen (secondary N) is 2. The van der Waals surface area contributed by atoms with Crippen molar-refractivity contribution in [1.29, 1.82) is 0 Å². The molecule has 0 heterocycles. The van der Waals surface area contributed by atoms with Crippen molar-refractivity contribution < 1.29 is 9.18 Å². The second-order valence-electron chi connectivity index (χ2n) is 5.13. The first-order valence-electron chi connectivity index (χ1n) is 6.83. The summed E-state index contributed by atoms with van der Waals surface area (Å²) in [6, 6.07) is 10.6. The summed E-state index contributed by atoms with van der Waals surface area (Å²) in [5.41, 5.74) is 4.16. The van der Waals surface area contributed by atoms with Gasteiger partial charge in [0.15, 0.2) is 0 Å². The van der Waals surface area contributed by atoms with E-state index in [2.05, 4.69) is 10.6 Å². The Balaban J connectivity index is 1.97. The number of benzene rings is 2. The van der Waals surface area contributed by atoms with Gasteiger partial charge in [0.2, 0.25) is 5.91 Å². The van der Waals surface area contributed by atoms with E-state index in [0.29, 0.717) is 11.3 Å². The van der Waals surface area contributed by atoms with Gasteiger partial charge in [-0.15, -0.1) is 0 Å². The zero-order chi connectivity index (χ0) is 15.4. The molecular formula is C17H19FN2O. The molecular weight excluding hydrogens is 267 g/mol. The maximum absolute atomic E-state index is 13.4. The molecule has 0 spiro atoms. The molecule has 4 heteroatoms. The van der Waals surface area contributed by atoms with Gasteiger partial charge in [-0.3, -0.25) is 4.79 Å². The molecule has 2 N–H and O–H groups in total. The Morgan fingerprint density at radius 3 is 2.33 bits per heavy atom. The first-order chi connectivity index (χ1) is 9.97. The molecule has 3 nitrogen and oxygen atoms in total. The van der Waals surface area contributed by atoms with Crippen molar-refractivity contribution in [2.45, 2.75) is 20.8 Å². The SMILES string of the molecule is Cc1ccc(NC(=O)CNc2c(C)cccc2C)cc1F. The second kappa shape index (κ2) is 6.39. The predicted octanol–water partition coefficient (Wildman–Crippen LogP) is 3.80. The van der Waals surface area contributed by atoms with Gasteiger partial charge in [0.25, 0.3) is 0 Å². The molecule has 0 fully saturated rings. The van der Waals surface area contributed by atoms with Crippen LogP contribution in [0.4, 0.5) is 15.8 Å². The summed E-state index contributed by atoms with van der Waals surface area (Å²) in [5, 5.41) is 5.80. The van der Waals surface area contributed by atoms with Crippen LogP contribution in [0.3, 0.4) is 0 Å². The van der Waals surface area contributed by atoms with Crippen LogP contribution < -0.4 is 10.6 Å². The summed E-state index contributed by atoms with van der Waals surface area (Å²) < 4.78 is 13.4. The number of hydrogen-bond acceptors (Lipinski definition) is 2. The Bertz CT molecular complexity index is 648. The molecule has 2 rings (SSSR count). The van der Waals surface area contributed by atoms with E-state index in [9.17, 15) is 9.18 Å². The molecule has 0 saturated heterocycles. The molecule has 110 valence electrons. The van der Waals surface area contributed by atoms with Gasteiger partial charge in [0, 0.05) is 11.4 Å². The van der Waals surface area contributed by atoms with Gasteiger partial charge in [0.05, 0.1) is 6.54 Å². The van der Waals surface area contributed by atoms with Gasteiger partial charge in [-0.25, -0.2) is 4.39 Å². The first kappa shape index (κ1) is 15.0. The smallest absolute Gasteiger partial charge is 0.243 e. The largest absolute Gasteiger partial charge is 0.376 e. The Kier molecular flexibility index (Phi) is 4.58. The summed E-state index contributed by atoms with van der Waals surface area (Å²) in [6.07, 6.45) is 0. The maximum Gasteiger partial charge on any atom is 0.243 e. The lowest BCUT2D eigenvalue weighted by atomic mass is 10.1. The fourth-order valence-corrected chi connectivity index (χ4v) is 2.14. The third-order valence-corrected chi connectivity index (χ3v) is 3.36. The molecule has 0 bridgehead atoms. The molecule has 1 amide bonds. The van der Waals surface area contributed by atoms with Gasteiger partial charge in [-0.2, -0.15) is 0 Å². The van der Waals surface area contributed by atoms with Crippen molar-refractivity contribution in [1.82, 2.24) is 0 Å². The summed E-state index contributed by atoms with van der Waals surface area (Å²) in [7, 11) is 0. The van der Waals surface area contributed by atoms with Crippen LogP contribution in [-0.2, 0) is 4.79 Å². The quantitative estimate of drug-likeness (QED) is 0.897. The summed E-state index contributed by atoms with van der Waals surface area (Å²) in [4.78, 5) is 11.9. The highest BCUT2D eigenvalue weighted by Gasteiger charge is 2.07. The number of aryl methyl sites for hydroxylation is 3. The van der Waals surface area contributed by atoms with Gasteiger partial charge < -0.3 is 10.6 Å². The van der Waals surface area contributed by atoms with Crippen molar-refractivity contribution in [2.24, 2.45) is 0 Å². The Morgan fingerprint density at radius 1 is 1.05 bits per heavy atom. The topological polar surface area (TPSA) is 41.1 Å². The summed E-state index contributed by atoms with van der Waals surface area (Å²) >= 11 is 0. The number of anilines is 2. The second-order valence-corrected chi connectivity index (χ2v) is 5.13. The van der Waals surface area contributed by atoms with Crippen LogP contribution in [0.5, 0.6) is 0 Å². The van der Waals surface area contributed by atoms with E-state index < -0.39 is 0 Å². The minimum atomic E-state index is -0.324. The molecule has 2 aromatic carbocycles. The van der Waals surface area contributed by atoms with Crippen molar-refractivity contribution in [3.8, 4) is 0 Å². The van der Waals surface area contributed by atoms with E-state index in [1.807, 2.05) is 32.0 Å². The van der Waals surface area contributed by atoms with E-state index >= 15 is 0 Å². The van der Waals surface area contributed by atoms with E-state index in [0.717, 1.165) is 16.8 Å². The highest BCUT2D eigenvalue weighted by atomic mass is 19.1. The van der Waals surface area contributed by atoms with Gasteiger partial charge in [0.1, 0.15) is 5.82 Å². The van der Waals surface area contributed by atoms with Gasteiger partial charge in [-0.05, 0) is 49.6 Å². The molecule has 0 atom stereocenters. The Morgan fingerprint density at radius 2 is 1.71 bits per heavy atom. The molecule has 0 unspecified atom stereocenters. The van der Waals surface area contributed by atoms with Crippen LogP contribution in [0.2, 0.25) is 0 Å². The predicted molar refractivity (Wildman–Crippen MR) is 84.2 cm³/mol. The van der Waals surface area contributed by atoms with Crippen molar-refractivity contribution in [3.05, 3.63) is 58.9 Å². The zero-order valence-electron chi connectivity index (χ0n) is 12.5. The maximum atomic E-state index is 13.4. The van der Waals surface area contributed by atoms with E-state index in [1.165, 1.54) is 6.07 Å². The molecule has 0 saturated carbocycles. The fraction of sp³-hybridized carbons (Fsp3) is 0.235. The minimum Gasteiger partial charge on any atom is -0.376 e. The highest BCUT2D eigenvalue weighted by Crippen LogP contribution is 2.19. The first-order valence-corrected chi connectivity index (χ1v) is 6.83. The number of para-hydroxylation sites is 1. The normalized spacial score (nSPS) is 10.3. The molecule has 0 aromatic heterocycles. The van der Waals surface area contributed by atoms with Crippen molar-refractivity contribution in [2.75, 3.05) is 17.2 Å². The molecule has 2 aromatic rings. The van der Waals surface area contributed by atoms with Crippen LogP contribution in [0.15, 0.2) is 36.4 Å². The highest BCUT2D eigenvalue weighted by molar-refractivity contribution is 5.94. The number of amides is 1. The Hall–Kier alpha value is -2.36. The number of halogens is 1. The van der Waals surface area contributed by atoms with Crippen LogP contribution in [0.1, 0.15) is 16.7 Å². The summed E-state index contributed by atoms with van der Waals surface area (Å²) in [5.74, 6) is -0.531. The van der Waals surface area contributed by atoms with Crippen LogP contribution in [-0.4, -0.2) is 12.5 Å². The van der Waals surface area contributed by atoms with Crippen LogP contribution >= 0.6 is 0 Å². The van der Waals surface area contributed by atoms with Crippen LogP contribution in [0, 0.1) is 26.6 Å². The zero-order valence-corrected chi connectivity index (χ0v) is 12.5. The molecule has 0 aliphatic rings. The van der Waals surface area contributed by atoms with E-state index in [1.54, 1.807) is 19.1 Å². The lowest BCUT2D eigenvalue weighted by Gasteiger charge is -2.12. The van der Waals surface area contributed by atoms with Crippen molar-refractivity contribution >= 4 is 17.3 Å². The van der Waals surface area contributed by atoms with Gasteiger partial charge >= 0.3 is 0 Å². The Labute approximate surface area is 124 Å². The average molecular weight is 286 g/mol. The average Bonchev–Trinajstić information content (AvgIpc) is 2.42. The fourth-order valence-electron chi connectivity index (χ4n) is 2.14. The number of carbonyl (C=O) groups is 1. The van der Waals surface area contributed by atoms with E-state index in [4.69, 9.17) is 0 Å². The standard InChI is InChI=1S/C17H19FN2O/c1-11-7-8-14(9-15(11)18)20-16(21)10-19-17-12(2)5-4-6-13(17)3/h4-9,19H,10H2,1-3H3,(H,20,21). The third kappa shape index (κ3) is 3.81. The number of rotatable bonds is 4. The lowest BCUT2D eigenvalue weighted by molar-refractivity contribution is -0.114. The third-order valence-electron chi connectivity index (χ3n) is 3.36. The summed E-state index contributed by atoms with van der Waals surface area (Å²) in [6.45, 7) is 5.80. The number of carbonyl (C=O) groups excluding carboxylic acids is 1. The molecule has 0 aliphatic carbocycles. The minimum absolute atomic E-state index is 0.140. The number of hydrogen-bond donors (Lipinski definition) is 2. The molecule has 0 aliphatic heterocycles. The molecule has 21 heavy (non-hydrogen) atoms. The monoisotopic (exact) mass is 286 g/mol. The lowest BCUT2D eigenvalue weighted by Crippen LogP contribution is -2.22. The van der Waals surface area contributed by atoms with Gasteiger partial charge in [-0.1, -0.05) is 24.3 Å². The van der Waals surface area contributed by atoms with Crippen LogP contribution in [0.25, 0.3) is 0 Å². The van der Waals surface area contributed by atoms with Crippen molar-refractivity contribution in [3.63, 3.8) is 0 Å². The molecule has 0 radical (unpaired) electrons. The van der Waals surface area contributed by atoms with E-state index in [-0.39, 0.29) is 18.3 Å².